The van der Waals surface area contributed by atoms with E-state index in [-0.39, 0.29) is 11.1 Å². The summed E-state index contributed by atoms with van der Waals surface area (Å²) in [5.41, 5.74) is -0.105. The van der Waals surface area contributed by atoms with E-state index in [2.05, 4.69) is 26.2 Å². The molecule has 0 fully saturated rings. The number of aromatic amines is 1. The lowest BCUT2D eigenvalue weighted by Gasteiger charge is -2.05. The molecule has 1 rings (SSSR count). The molecule has 0 radical (unpaired) electrons. The number of anilines is 1. The van der Waals surface area contributed by atoms with Crippen molar-refractivity contribution in [2.45, 2.75) is 12.3 Å². The van der Waals surface area contributed by atoms with E-state index >= 15 is 0 Å². The number of pyridine rings is 1. The molecular formula is C8H8BrClN2O2. The maximum absolute atomic E-state index is 11.4. The van der Waals surface area contributed by atoms with E-state index in [9.17, 15) is 9.59 Å². The number of hydrogen-bond donors (Lipinski definition) is 2. The molecule has 0 saturated carbocycles. The van der Waals surface area contributed by atoms with Crippen LogP contribution < -0.4 is 10.7 Å². The van der Waals surface area contributed by atoms with Gasteiger partial charge in [-0.25, -0.2) is 0 Å². The van der Waals surface area contributed by atoms with Gasteiger partial charge in [-0.3, -0.25) is 9.59 Å². The third-order valence-corrected chi connectivity index (χ3v) is 2.31. The molecule has 0 aromatic carbocycles. The summed E-state index contributed by atoms with van der Waals surface area (Å²) in [5, 5.41) is 1.73. The van der Waals surface area contributed by atoms with Gasteiger partial charge < -0.3 is 10.3 Å². The van der Waals surface area contributed by atoms with Gasteiger partial charge in [-0.15, -0.1) is 11.6 Å². The van der Waals surface area contributed by atoms with Gasteiger partial charge in [0.15, 0.2) is 0 Å². The standard InChI is InChI=1S/C8H8BrClN2O2/c1-4(10)8(14)12-6-3-11-2-5(9)7(6)13/h2-4H,1H3,(H,11,13)(H,12,14). The Bertz CT molecular complexity index is 403. The molecule has 1 unspecified atom stereocenters. The van der Waals surface area contributed by atoms with Crippen molar-refractivity contribution in [1.82, 2.24) is 4.98 Å². The van der Waals surface area contributed by atoms with Gasteiger partial charge in [0.25, 0.3) is 0 Å². The number of halogens is 2. The van der Waals surface area contributed by atoms with Crippen molar-refractivity contribution in [3.05, 3.63) is 27.1 Å². The van der Waals surface area contributed by atoms with Crippen molar-refractivity contribution in [3.8, 4) is 0 Å². The highest BCUT2D eigenvalue weighted by Gasteiger charge is 2.11. The molecule has 0 aliphatic heterocycles. The highest BCUT2D eigenvalue weighted by molar-refractivity contribution is 9.10. The number of carbonyl (C=O) groups excluding carboxylic acids is 1. The molecule has 0 bridgehead atoms. The van der Waals surface area contributed by atoms with Crippen LogP contribution in [-0.2, 0) is 4.79 Å². The molecule has 1 aromatic rings. The first-order valence-corrected chi connectivity index (χ1v) is 5.07. The molecule has 1 atom stereocenters. The summed E-state index contributed by atoms with van der Waals surface area (Å²) < 4.78 is 0.359. The maximum atomic E-state index is 11.4. The zero-order chi connectivity index (χ0) is 10.7. The van der Waals surface area contributed by atoms with Gasteiger partial charge in [0, 0.05) is 12.4 Å². The predicted octanol–water partition coefficient (Wildman–Crippen LogP) is 1.70. The first kappa shape index (κ1) is 11.3. The molecule has 6 heteroatoms. The molecule has 0 aliphatic rings. The van der Waals surface area contributed by atoms with Crippen LogP contribution in [-0.4, -0.2) is 16.3 Å². The maximum Gasteiger partial charge on any atom is 0.242 e. The molecule has 2 N–H and O–H groups in total. The van der Waals surface area contributed by atoms with Gasteiger partial charge in [-0.05, 0) is 22.9 Å². The lowest BCUT2D eigenvalue weighted by Crippen LogP contribution is -2.24. The highest BCUT2D eigenvalue weighted by Crippen LogP contribution is 2.06. The number of aromatic nitrogens is 1. The largest absolute Gasteiger partial charge is 0.365 e. The number of H-pyrrole nitrogens is 1. The van der Waals surface area contributed by atoms with E-state index < -0.39 is 11.3 Å². The second-order valence-electron chi connectivity index (χ2n) is 2.65. The second-order valence-corrected chi connectivity index (χ2v) is 4.16. The van der Waals surface area contributed by atoms with Gasteiger partial charge in [0.1, 0.15) is 11.1 Å². The van der Waals surface area contributed by atoms with Crippen molar-refractivity contribution >= 4 is 39.1 Å². The number of amides is 1. The van der Waals surface area contributed by atoms with E-state index in [0.717, 1.165) is 0 Å². The van der Waals surface area contributed by atoms with Crippen molar-refractivity contribution in [3.63, 3.8) is 0 Å². The van der Waals surface area contributed by atoms with E-state index in [4.69, 9.17) is 11.6 Å². The van der Waals surface area contributed by atoms with Crippen molar-refractivity contribution in [1.29, 1.82) is 0 Å². The highest BCUT2D eigenvalue weighted by atomic mass is 79.9. The summed E-state index contributed by atoms with van der Waals surface area (Å²) in [6, 6.07) is 0. The van der Waals surface area contributed by atoms with Crippen LogP contribution in [0.15, 0.2) is 21.7 Å². The summed E-state index contributed by atoms with van der Waals surface area (Å²) in [6.45, 7) is 1.53. The zero-order valence-electron chi connectivity index (χ0n) is 7.30. The fourth-order valence-electron chi connectivity index (χ4n) is 0.783. The fraction of sp³-hybridized carbons (Fsp3) is 0.250. The lowest BCUT2D eigenvalue weighted by atomic mass is 10.3. The van der Waals surface area contributed by atoms with Gasteiger partial charge in [-0.1, -0.05) is 0 Å². The number of nitrogens with one attached hydrogen (secondary N) is 2. The molecular weight excluding hydrogens is 271 g/mol. The van der Waals surface area contributed by atoms with Gasteiger partial charge in [0.2, 0.25) is 11.3 Å². The van der Waals surface area contributed by atoms with E-state index in [0.29, 0.717) is 4.47 Å². The lowest BCUT2D eigenvalue weighted by molar-refractivity contribution is -0.115. The second kappa shape index (κ2) is 4.61. The zero-order valence-corrected chi connectivity index (χ0v) is 9.65. The number of rotatable bonds is 2. The summed E-state index contributed by atoms with van der Waals surface area (Å²) in [5.74, 6) is -0.407. The predicted molar refractivity (Wildman–Crippen MR) is 58.7 cm³/mol. The topological polar surface area (TPSA) is 62.0 Å². The Morgan fingerprint density at radius 3 is 2.86 bits per heavy atom. The molecule has 1 aromatic heterocycles. The first-order valence-electron chi connectivity index (χ1n) is 3.84. The molecule has 0 spiro atoms. The van der Waals surface area contributed by atoms with E-state index in [1.807, 2.05) is 0 Å². The van der Waals surface area contributed by atoms with Crippen LogP contribution in [0.25, 0.3) is 0 Å². The molecule has 14 heavy (non-hydrogen) atoms. The molecule has 4 nitrogen and oxygen atoms in total. The van der Waals surface area contributed by atoms with Crippen LogP contribution in [0.3, 0.4) is 0 Å². The average molecular weight is 280 g/mol. The van der Waals surface area contributed by atoms with Crippen molar-refractivity contribution in [2.75, 3.05) is 5.32 Å². The smallest absolute Gasteiger partial charge is 0.242 e. The number of alkyl halides is 1. The summed E-state index contributed by atoms with van der Waals surface area (Å²) in [7, 11) is 0. The molecule has 0 saturated heterocycles. The average Bonchev–Trinajstić information content (AvgIpc) is 2.12. The number of carbonyl (C=O) groups is 1. The number of hydrogen-bond acceptors (Lipinski definition) is 2. The molecule has 1 amide bonds. The summed E-state index contributed by atoms with van der Waals surface area (Å²) in [6.07, 6.45) is 2.90. The molecule has 76 valence electrons. The normalized spacial score (nSPS) is 12.2. The third kappa shape index (κ3) is 2.59. The van der Waals surface area contributed by atoms with Crippen molar-refractivity contribution < 1.29 is 4.79 Å². The van der Waals surface area contributed by atoms with Gasteiger partial charge in [0.05, 0.1) is 4.47 Å². The van der Waals surface area contributed by atoms with Crippen LogP contribution in [0.1, 0.15) is 6.92 Å². The Balaban J connectivity index is 2.93. The van der Waals surface area contributed by atoms with Crippen molar-refractivity contribution in [2.24, 2.45) is 0 Å². The molecule has 1 heterocycles. The van der Waals surface area contributed by atoms with Crippen LogP contribution in [0.5, 0.6) is 0 Å². The summed E-state index contributed by atoms with van der Waals surface area (Å²) in [4.78, 5) is 25.3. The SMILES string of the molecule is CC(Cl)C(=O)Nc1c[nH]cc(Br)c1=O. The fourth-order valence-corrected chi connectivity index (χ4v) is 1.18. The quantitative estimate of drug-likeness (QED) is 0.810. The van der Waals surface area contributed by atoms with Gasteiger partial charge in [-0.2, -0.15) is 0 Å². The minimum atomic E-state index is -0.673. The first-order chi connectivity index (χ1) is 6.52. The third-order valence-electron chi connectivity index (χ3n) is 1.52. The Labute approximate surface area is 93.8 Å². The minimum absolute atomic E-state index is 0.178. The summed E-state index contributed by atoms with van der Waals surface area (Å²) >= 11 is 8.58. The van der Waals surface area contributed by atoms with Crippen LogP contribution in [0, 0.1) is 0 Å². The Morgan fingerprint density at radius 1 is 1.64 bits per heavy atom. The Kier molecular flexibility index (Phi) is 3.71. The monoisotopic (exact) mass is 278 g/mol. The minimum Gasteiger partial charge on any atom is -0.365 e. The van der Waals surface area contributed by atoms with E-state index in [1.165, 1.54) is 19.3 Å². The van der Waals surface area contributed by atoms with Gasteiger partial charge >= 0.3 is 0 Å². The Hall–Kier alpha value is -0.810. The van der Waals surface area contributed by atoms with Crippen LogP contribution >= 0.6 is 27.5 Å². The van der Waals surface area contributed by atoms with Crippen LogP contribution in [0.4, 0.5) is 5.69 Å². The Morgan fingerprint density at radius 2 is 2.29 bits per heavy atom. The van der Waals surface area contributed by atoms with Crippen LogP contribution in [0.2, 0.25) is 0 Å². The van der Waals surface area contributed by atoms with E-state index in [1.54, 1.807) is 0 Å². The molecule has 0 aliphatic carbocycles.